The molecule has 1 amide bonds. The van der Waals surface area contributed by atoms with Crippen molar-refractivity contribution in [2.24, 2.45) is 0 Å². The number of nitrogens with zero attached hydrogens (tertiary/aromatic N) is 5. The molecule has 2 heterocycles. The Labute approximate surface area is 154 Å². The number of rotatable bonds is 4. The SMILES string of the molecule is N#Cc1ccc(Cn2nc(NC(=O)c3cccnn3)c3ccccc32)cc1. The van der Waals surface area contributed by atoms with Gasteiger partial charge in [-0.05, 0) is 42.0 Å². The standard InChI is InChI=1S/C20H14N6O/c21-12-14-7-9-15(10-8-14)13-26-18-6-2-1-4-16(18)19(25-26)23-20(27)17-5-3-11-22-24-17/h1-11H,13H2,(H,23,25,27). The summed E-state index contributed by atoms with van der Waals surface area (Å²) in [5, 5.41) is 24.7. The Balaban J connectivity index is 1.66. The van der Waals surface area contributed by atoms with E-state index < -0.39 is 0 Å². The van der Waals surface area contributed by atoms with Gasteiger partial charge in [0.05, 0.1) is 23.7 Å². The van der Waals surface area contributed by atoms with Crippen molar-refractivity contribution in [3.8, 4) is 6.07 Å². The van der Waals surface area contributed by atoms with Crippen LogP contribution in [0.3, 0.4) is 0 Å². The lowest BCUT2D eigenvalue weighted by atomic mass is 10.1. The second-order valence-corrected chi connectivity index (χ2v) is 5.90. The van der Waals surface area contributed by atoms with Crippen LogP contribution in [0.1, 0.15) is 21.6 Å². The second-order valence-electron chi connectivity index (χ2n) is 5.90. The van der Waals surface area contributed by atoms with Gasteiger partial charge in [-0.3, -0.25) is 9.48 Å². The molecule has 130 valence electrons. The lowest BCUT2D eigenvalue weighted by Gasteiger charge is -2.04. The van der Waals surface area contributed by atoms with Crippen LogP contribution in [0, 0.1) is 11.3 Å². The second kappa shape index (κ2) is 7.06. The van der Waals surface area contributed by atoms with Crippen molar-refractivity contribution < 1.29 is 4.79 Å². The van der Waals surface area contributed by atoms with Crippen LogP contribution in [-0.2, 0) is 6.54 Å². The molecule has 0 saturated heterocycles. The molecule has 0 spiro atoms. The first-order chi connectivity index (χ1) is 13.2. The van der Waals surface area contributed by atoms with E-state index >= 15 is 0 Å². The van der Waals surface area contributed by atoms with E-state index in [1.165, 1.54) is 6.20 Å². The van der Waals surface area contributed by atoms with E-state index in [4.69, 9.17) is 5.26 Å². The normalized spacial score (nSPS) is 10.5. The fraction of sp³-hybridized carbons (Fsp3) is 0.0500. The number of benzene rings is 2. The largest absolute Gasteiger partial charge is 0.303 e. The molecule has 2 aromatic carbocycles. The van der Waals surface area contributed by atoms with Crippen LogP contribution in [0.15, 0.2) is 66.9 Å². The molecule has 0 fully saturated rings. The molecule has 0 saturated carbocycles. The first kappa shape index (κ1) is 16.4. The van der Waals surface area contributed by atoms with Crippen molar-refractivity contribution in [3.63, 3.8) is 0 Å². The van der Waals surface area contributed by atoms with Crippen molar-refractivity contribution >= 4 is 22.6 Å². The van der Waals surface area contributed by atoms with Crippen molar-refractivity contribution in [2.75, 3.05) is 5.32 Å². The summed E-state index contributed by atoms with van der Waals surface area (Å²) in [4.78, 5) is 12.4. The Bertz CT molecular complexity index is 1140. The topological polar surface area (TPSA) is 96.5 Å². The van der Waals surface area contributed by atoms with Gasteiger partial charge in [-0.15, -0.1) is 5.10 Å². The molecule has 0 aliphatic carbocycles. The van der Waals surface area contributed by atoms with E-state index in [1.54, 1.807) is 24.3 Å². The number of amides is 1. The molecule has 0 bridgehead atoms. The number of carbonyl (C=O) groups excluding carboxylic acids is 1. The minimum atomic E-state index is -0.364. The number of nitriles is 1. The lowest BCUT2D eigenvalue weighted by Crippen LogP contribution is -2.15. The van der Waals surface area contributed by atoms with E-state index in [0.717, 1.165) is 16.5 Å². The number of para-hydroxylation sites is 1. The van der Waals surface area contributed by atoms with Gasteiger partial charge in [0.1, 0.15) is 0 Å². The van der Waals surface area contributed by atoms with Crippen LogP contribution in [0.25, 0.3) is 10.9 Å². The molecule has 0 atom stereocenters. The van der Waals surface area contributed by atoms with Crippen LogP contribution >= 0.6 is 0 Å². The van der Waals surface area contributed by atoms with Gasteiger partial charge in [-0.1, -0.05) is 24.3 Å². The summed E-state index contributed by atoms with van der Waals surface area (Å²) in [5.74, 6) is 0.103. The molecule has 27 heavy (non-hydrogen) atoms. The molecule has 2 aromatic heterocycles. The van der Waals surface area contributed by atoms with E-state index in [-0.39, 0.29) is 11.6 Å². The zero-order valence-electron chi connectivity index (χ0n) is 14.2. The molecule has 0 aliphatic rings. The molecular formula is C20H14N6O. The van der Waals surface area contributed by atoms with Crippen LogP contribution in [-0.4, -0.2) is 25.9 Å². The maximum absolute atomic E-state index is 12.4. The average Bonchev–Trinajstić information content (AvgIpc) is 3.06. The number of nitrogens with one attached hydrogen (secondary N) is 1. The van der Waals surface area contributed by atoms with E-state index in [1.807, 2.05) is 41.1 Å². The highest BCUT2D eigenvalue weighted by molar-refractivity contribution is 6.06. The minimum Gasteiger partial charge on any atom is -0.303 e. The summed E-state index contributed by atoms with van der Waals surface area (Å²) in [7, 11) is 0. The Morgan fingerprint density at radius 1 is 1.07 bits per heavy atom. The van der Waals surface area contributed by atoms with Gasteiger partial charge in [-0.25, -0.2) is 0 Å². The van der Waals surface area contributed by atoms with Crippen molar-refractivity contribution in [1.82, 2.24) is 20.0 Å². The fourth-order valence-electron chi connectivity index (χ4n) is 2.79. The van der Waals surface area contributed by atoms with Crippen LogP contribution in [0.4, 0.5) is 5.82 Å². The van der Waals surface area contributed by atoms with Gasteiger partial charge in [0.2, 0.25) is 0 Å². The highest BCUT2D eigenvalue weighted by Gasteiger charge is 2.15. The van der Waals surface area contributed by atoms with Crippen LogP contribution < -0.4 is 5.32 Å². The summed E-state index contributed by atoms with van der Waals surface area (Å²) in [5.41, 5.74) is 2.74. The van der Waals surface area contributed by atoms with Crippen molar-refractivity contribution in [1.29, 1.82) is 5.26 Å². The molecule has 0 aliphatic heterocycles. The third-order valence-corrected chi connectivity index (χ3v) is 4.11. The number of anilines is 1. The maximum Gasteiger partial charge on any atom is 0.277 e. The minimum absolute atomic E-state index is 0.225. The quantitative estimate of drug-likeness (QED) is 0.608. The van der Waals surface area contributed by atoms with Crippen molar-refractivity contribution in [2.45, 2.75) is 6.54 Å². The third kappa shape index (κ3) is 3.37. The molecule has 0 radical (unpaired) electrons. The number of hydrogen-bond acceptors (Lipinski definition) is 5. The van der Waals surface area contributed by atoms with Gasteiger partial charge in [0.25, 0.3) is 5.91 Å². The molecule has 7 heteroatoms. The maximum atomic E-state index is 12.4. The zero-order chi connectivity index (χ0) is 18.6. The summed E-state index contributed by atoms with van der Waals surface area (Å²) in [6, 6.07) is 20.4. The summed E-state index contributed by atoms with van der Waals surface area (Å²) < 4.78 is 1.82. The van der Waals surface area contributed by atoms with E-state index in [9.17, 15) is 4.79 Å². The van der Waals surface area contributed by atoms with E-state index in [0.29, 0.717) is 17.9 Å². The number of carbonyl (C=O) groups is 1. The number of fused-ring (bicyclic) bond motifs is 1. The predicted molar refractivity (Wildman–Crippen MR) is 100.0 cm³/mol. The van der Waals surface area contributed by atoms with Gasteiger partial charge < -0.3 is 5.32 Å². The van der Waals surface area contributed by atoms with Gasteiger partial charge in [-0.2, -0.15) is 15.5 Å². The van der Waals surface area contributed by atoms with E-state index in [2.05, 4.69) is 26.7 Å². The van der Waals surface area contributed by atoms with Crippen molar-refractivity contribution in [3.05, 3.63) is 83.7 Å². The Morgan fingerprint density at radius 2 is 1.89 bits per heavy atom. The molecule has 1 N–H and O–H groups in total. The Hall–Kier alpha value is -4.05. The lowest BCUT2D eigenvalue weighted by molar-refractivity contribution is 0.102. The first-order valence-corrected chi connectivity index (χ1v) is 8.28. The predicted octanol–water partition coefficient (Wildman–Crippen LogP) is 3.00. The summed E-state index contributed by atoms with van der Waals surface area (Å²) >= 11 is 0. The fourth-order valence-corrected chi connectivity index (χ4v) is 2.79. The Morgan fingerprint density at radius 3 is 2.63 bits per heavy atom. The third-order valence-electron chi connectivity index (χ3n) is 4.11. The van der Waals surface area contributed by atoms with Gasteiger partial charge >= 0.3 is 0 Å². The first-order valence-electron chi connectivity index (χ1n) is 8.28. The zero-order valence-corrected chi connectivity index (χ0v) is 14.2. The molecule has 7 nitrogen and oxygen atoms in total. The highest BCUT2D eigenvalue weighted by Crippen LogP contribution is 2.24. The molecule has 4 aromatic rings. The smallest absolute Gasteiger partial charge is 0.277 e. The van der Waals surface area contributed by atoms with Crippen LogP contribution in [0.2, 0.25) is 0 Å². The van der Waals surface area contributed by atoms with Crippen LogP contribution in [0.5, 0.6) is 0 Å². The summed E-state index contributed by atoms with van der Waals surface area (Å²) in [6.07, 6.45) is 1.51. The average molecular weight is 354 g/mol. The Kier molecular flexibility index (Phi) is 4.29. The number of hydrogen-bond donors (Lipinski definition) is 1. The molecule has 4 rings (SSSR count). The van der Waals surface area contributed by atoms with Gasteiger partial charge in [0, 0.05) is 11.6 Å². The molecule has 0 unspecified atom stereocenters. The molecular weight excluding hydrogens is 340 g/mol. The number of aromatic nitrogens is 4. The summed E-state index contributed by atoms with van der Waals surface area (Å²) in [6.45, 7) is 0.521. The monoisotopic (exact) mass is 354 g/mol. The van der Waals surface area contributed by atoms with Gasteiger partial charge in [0.15, 0.2) is 11.5 Å². The highest BCUT2D eigenvalue weighted by atomic mass is 16.2.